The maximum absolute atomic E-state index is 5.07. The first kappa shape index (κ1) is 27.7. The molecule has 6 aromatic carbocycles. The van der Waals surface area contributed by atoms with Crippen molar-refractivity contribution in [3.63, 3.8) is 0 Å². The molecule has 5 nitrogen and oxygen atoms in total. The van der Waals surface area contributed by atoms with Gasteiger partial charge in [-0.05, 0) is 52.2 Å². The van der Waals surface area contributed by atoms with E-state index in [-0.39, 0.29) is 0 Å². The molecule has 0 aliphatic heterocycles. The molecule has 224 valence electrons. The fourth-order valence-electron chi connectivity index (χ4n) is 6.25. The molecule has 0 N–H and O–H groups in total. The quantitative estimate of drug-likeness (QED) is 0.193. The number of fused-ring (bicyclic) bond motifs is 3. The molecule has 9 rings (SSSR count). The zero-order valence-electron chi connectivity index (χ0n) is 25.8. The van der Waals surface area contributed by atoms with Crippen LogP contribution in [0.1, 0.15) is 0 Å². The van der Waals surface area contributed by atoms with Crippen molar-refractivity contribution in [3.8, 4) is 56.7 Å². The second kappa shape index (κ2) is 11.6. The number of benzene rings is 6. The van der Waals surface area contributed by atoms with E-state index in [4.69, 9.17) is 24.9 Å². The summed E-state index contributed by atoms with van der Waals surface area (Å²) in [6.07, 6.45) is 0. The molecule has 0 atom stereocenters. The molecule has 9 aromatic rings. The lowest BCUT2D eigenvalue weighted by molar-refractivity contribution is 1.06. The normalized spacial score (nSPS) is 11.3. The molecule has 48 heavy (non-hydrogen) atoms. The topological polar surface area (TPSA) is 64.5 Å². The van der Waals surface area contributed by atoms with Gasteiger partial charge in [-0.25, -0.2) is 24.9 Å². The van der Waals surface area contributed by atoms with Crippen molar-refractivity contribution in [2.45, 2.75) is 0 Å². The second-order valence-corrected chi connectivity index (χ2v) is 11.8. The summed E-state index contributed by atoms with van der Waals surface area (Å²) < 4.78 is 0. The van der Waals surface area contributed by atoms with E-state index in [9.17, 15) is 0 Å². The number of rotatable bonds is 5. The highest BCUT2D eigenvalue weighted by Crippen LogP contribution is 2.32. The van der Waals surface area contributed by atoms with E-state index < -0.39 is 0 Å². The molecule has 0 fully saturated rings. The maximum atomic E-state index is 5.07. The third kappa shape index (κ3) is 5.13. The molecule has 3 aromatic heterocycles. The fourth-order valence-corrected chi connectivity index (χ4v) is 6.25. The van der Waals surface area contributed by atoms with Gasteiger partial charge in [0.05, 0.1) is 16.7 Å². The number of hydrogen-bond donors (Lipinski definition) is 0. The molecular formula is C43H27N5. The molecule has 0 amide bonds. The standard InChI is InChI=1S/C43H27N5/c1-3-11-30(12-4-1)41-46-42(31-13-5-2-6-14-31)48-43(47-41)39-25-20-29-18-19-33(27-40(29)45-39)32-21-23-37-34(26-32)22-24-38(44-37)36-17-9-15-28-10-7-8-16-35(28)36/h1-27H. The number of nitrogens with zero attached hydrogens (tertiary/aromatic N) is 5. The average molecular weight is 614 g/mol. The largest absolute Gasteiger partial charge is 0.248 e. The van der Waals surface area contributed by atoms with Crippen LogP contribution >= 0.6 is 0 Å². The lowest BCUT2D eigenvalue weighted by Gasteiger charge is -2.10. The van der Waals surface area contributed by atoms with Crippen molar-refractivity contribution in [3.05, 3.63) is 164 Å². The van der Waals surface area contributed by atoms with E-state index in [1.807, 2.05) is 66.7 Å². The van der Waals surface area contributed by atoms with E-state index in [0.717, 1.165) is 55.3 Å². The highest BCUT2D eigenvalue weighted by molar-refractivity contribution is 5.97. The van der Waals surface area contributed by atoms with Crippen LogP contribution in [0.5, 0.6) is 0 Å². The Kier molecular flexibility index (Phi) is 6.72. The molecule has 0 saturated carbocycles. The maximum Gasteiger partial charge on any atom is 0.182 e. The zero-order valence-corrected chi connectivity index (χ0v) is 25.8. The summed E-state index contributed by atoms with van der Waals surface area (Å²) >= 11 is 0. The summed E-state index contributed by atoms with van der Waals surface area (Å²) in [5, 5.41) is 4.55. The highest BCUT2D eigenvalue weighted by atomic mass is 15.0. The van der Waals surface area contributed by atoms with Gasteiger partial charge in [0, 0.05) is 27.5 Å². The minimum absolute atomic E-state index is 0.536. The Morgan fingerprint density at radius 2 is 0.875 bits per heavy atom. The van der Waals surface area contributed by atoms with Gasteiger partial charge >= 0.3 is 0 Å². The SMILES string of the molecule is c1ccc(-c2nc(-c3ccccc3)nc(-c3ccc4ccc(-c5ccc6nc(-c7cccc8ccccc78)ccc6c5)cc4n3)n2)cc1. The van der Waals surface area contributed by atoms with Crippen LogP contribution in [0.2, 0.25) is 0 Å². The predicted octanol–water partition coefficient (Wildman–Crippen LogP) is 10.5. The van der Waals surface area contributed by atoms with E-state index in [1.165, 1.54) is 10.8 Å². The molecule has 3 heterocycles. The van der Waals surface area contributed by atoms with Gasteiger partial charge in [0.15, 0.2) is 17.5 Å². The molecule has 0 unspecified atom stereocenters. The van der Waals surface area contributed by atoms with Crippen molar-refractivity contribution in [2.24, 2.45) is 0 Å². The van der Waals surface area contributed by atoms with Gasteiger partial charge in [-0.3, -0.25) is 0 Å². The Hall–Kier alpha value is -6.59. The summed E-state index contributed by atoms with van der Waals surface area (Å²) in [4.78, 5) is 24.7. The van der Waals surface area contributed by atoms with Crippen molar-refractivity contribution in [1.29, 1.82) is 0 Å². The van der Waals surface area contributed by atoms with Gasteiger partial charge in [0.25, 0.3) is 0 Å². The second-order valence-electron chi connectivity index (χ2n) is 11.8. The number of aromatic nitrogens is 5. The van der Waals surface area contributed by atoms with E-state index in [1.54, 1.807) is 0 Å². The van der Waals surface area contributed by atoms with E-state index in [2.05, 4.69) is 97.1 Å². The predicted molar refractivity (Wildman–Crippen MR) is 195 cm³/mol. The average Bonchev–Trinajstić information content (AvgIpc) is 3.17. The van der Waals surface area contributed by atoms with Crippen LogP contribution in [0.3, 0.4) is 0 Å². The first-order chi connectivity index (χ1) is 23.7. The number of pyridine rings is 2. The van der Waals surface area contributed by atoms with Crippen LogP contribution in [0.15, 0.2) is 164 Å². The van der Waals surface area contributed by atoms with Gasteiger partial charge < -0.3 is 0 Å². The van der Waals surface area contributed by atoms with Crippen LogP contribution < -0.4 is 0 Å². The molecule has 0 aliphatic rings. The van der Waals surface area contributed by atoms with Crippen molar-refractivity contribution in [1.82, 2.24) is 24.9 Å². The highest BCUT2D eigenvalue weighted by Gasteiger charge is 2.14. The first-order valence-electron chi connectivity index (χ1n) is 15.9. The van der Waals surface area contributed by atoms with Gasteiger partial charge in [-0.15, -0.1) is 0 Å². The molecule has 0 spiro atoms. The Morgan fingerprint density at radius 1 is 0.292 bits per heavy atom. The Morgan fingerprint density at radius 3 is 1.67 bits per heavy atom. The van der Waals surface area contributed by atoms with Crippen LogP contribution in [-0.4, -0.2) is 24.9 Å². The molecule has 0 aliphatic carbocycles. The number of hydrogen-bond acceptors (Lipinski definition) is 5. The molecule has 0 saturated heterocycles. The zero-order chi connectivity index (χ0) is 31.9. The summed E-state index contributed by atoms with van der Waals surface area (Å²) in [7, 11) is 0. The fraction of sp³-hybridized carbons (Fsp3) is 0. The van der Waals surface area contributed by atoms with Gasteiger partial charge in [0.2, 0.25) is 0 Å². The smallest absolute Gasteiger partial charge is 0.182 e. The minimum Gasteiger partial charge on any atom is -0.248 e. The van der Waals surface area contributed by atoms with E-state index >= 15 is 0 Å². The summed E-state index contributed by atoms with van der Waals surface area (Å²) in [6.45, 7) is 0. The van der Waals surface area contributed by atoms with Gasteiger partial charge in [0.1, 0.15) is 5.69 Å². The lowest BCUT2D eigenvalue weighted by atomic mass is 9.99. The monoisotopic (exact) mass is 613 g/mol. The van der Waals surface area contributed by atoms with E-state index in [0.29, 0.717) is 23.2 Å². The Bertz CT molecular complexity index is 2550. The minimum atomic E-state index is 0.536. The summed E-state index contributed by atoms with van der Waals surface area (Å²) in [5.74, 6) is 1.76. The lowest BCUT2D eigenvalue weighted by Crippen LogP contribution is -2.01. The van der Waals surface area contributed by atoms with Gasteiger partial charge in [-0.2, -0.15) is 0 Å². The summed E-state index contributed by atoms with van der Waals surface area (Å²) in [6, 6.07) is 56.0. The molecule has 0 bridgehead atoms. The van der Waals surface area contributed by atoms with Crippen LogP contribution in [0.4, 0.5) is 0 Å². The van der Waals surface area contributed by atoms with Gasteiger partial charge in [-0.1, -0.05) is 133 Å². The first-order valence-corrected chi connectivity index (χ1v) is 15.9. The Labute approximate surface area is 277 Å². The molecular weight excluding hydrogens is 587 g/mol. The van der Waals surface area contributed by atoms with Crippen molar-refractivity contribution < 1.29 is 0 Å². The van der Waals surface area contributed by atoms with Crippen molar-refractivity contribution >= 4 is 32.6 Å². The molecule has 0 radical (unpaired) electrons. The van der Waals surface area contributed by atoms with Crippen LogP contribution in [-0.2, 0) is 0 Å². The third-order valence-corrected chi connectivity index (χ3v) is 8.71. The molecule has 5 heteroatoms. The van der Waals surface area contributed by atoms with Crippen molar-refractivity contribution in [2.75, 3.05) is 0 Å². The third-order valence-electron chi connectivity index (χ3n) is 8.71. The van der Waals surface area contributed by atoms with Crippen LogP contribution in [0.25, 0.3) is 89.3 Å². The Balaban J connectivity index is 1.09. The summed E-state index contributed by atoms with van der Waals surface area (Å²) in [5.41, 5.74) is 8.68. The van der Waals surface area contributed by atoms with Crippen LogP contribution in [0, 0.1) is 0 Å².